The van der Waals surface area contributed by atoms with E-state index < -0.39 is 11.4 Å². The van der Waals surface area contributed by atoms with Crippen LogP contribution in [0.2, 0.25) is 0 Å². The summed E-state index contributed by atoms with van der Waals surface area (Å²) in [6.07, 6.45) is 0.961. The fraction of sp³-hybridized carbons (Fsp3) is 0.818. The Hall–Kier alpha value is -0.750. The number of hydrogen-bond donors (Lipinski definition) is 2. The first-order valence-electron chi connectivity index (χ1n) is 5.97. The van der Waals surface area contributed by atoms with Crippen LogP contribution in [0.3, 0.4) is 0 Å². The molecular weight excluding hydrogens is 240 g/mol. The Balaban J connectivity index is 1.68. The van der Waals surface area contributed by atoms with Crippen molar-refractivity contribution >= 4 is 23.6 Å². The van der Waals surface area contributed by atoms with Gasteiger partial charge in [-0.3, -0.25) is 14.5 Å². The fourth-order valence-corrected chi connectivity index (χ4v) is 2.96. The first-order valence-corrected chi connectivity index (χ1v) is 7.12. The molecule has 0 aromatic heterocycles. The van der Waals surface area contributed by atoms with E-state index in [1.807, 2.05) is 11.8 Å². The van der Waals surface area contributed by atoms with E-state index in [9.17, 15) is 9.59 Å². The lowest BCUT2D eigenvalue weighted by Gasteiger charge is -2.26. The van der Waals surface area contributed by atoms with E-state index in [2.05, 4.69) is 10.2 Å². The van der Waals surface area contributed by atoms with Crippen LogP contribution in [0, 0.1) is 5.41 Å². The highest BCUT2D eigenvalue weighted by molar-refractivity contribution is 7.99. The predicted molar refractivity (Wildman–Crippen MR) is 66.1 cm³/mol. The minimum atomic E-state index is -1.10. The van der Waals surface area contributed by atoms with Crippen LogP contribution >= 0.6 is 11.8 Å². The average Bonchev–Trinajstić information content (AvgIpc) is 3.11. The molecule has 5 nitrogen and oxygen atoms in total. The van der Waals surface area contributed by atoms with Gasteiger partial charge in [-0.15, -0.1) is 0 Å². The van der Waals surface area contributed by atoms with Crippen molar-refractivity contribution in [2.75, 3.05) is 37.7 Å². The highest BCUT2D eigenvalue weighted by Gasteiger charge is 2.56. The topological polar surface area (TPSA) is 69.6 Å². The van der Waals surface area contributed by atoms with E-state index >= 15 is 0 Å². The van der Waals surface area contributed by atoms with Crippen molar-refractivity contribution in [2.45, 2.75) is 12.8 Å². The molecule has 96 valence electrons. The lowest BCUT2D eigenvalue weighted by molar-refractivity contribution is -0.149. The molecule has 0 aromatic rings. The predicted octanol–water partition coefficient (Wildman–Crippen LogP) is 0.0162. The van der Waals surface area contributed by atoms with Crippen LogP contribution in [0.25, 0.3) is 0 Å². The molecule has 1 amide bonds. The maximum Gasteiger partial charge on any atom is 0.319 e. The molecule has 0 unspecified atom stereocenters. The SMILES string of the molecule is O=C(O)C1(C(=O)NCCN2CCSCC2)CC1. The number of nitrogens with zero attached hydrogens (tertiary/aromatic N) is 1. The van der Waals surface area contributed by atoms with Crippen molar-refractivity contribution in [2.24, 2.45) is 5.41 Å². The van der Waals surface area contributed by atoms with Gasteiger partial charge in [-0.2, -0.15) is 11.8 Å². The minimum absolute atomic E-state index is 0.309. The van der Waals surface area contributed by atoms with Crippen LogP contribution in [-0.4, -0.2) is 59.6 Å². The summed E-state index contributed by atoms with van der Waals surface area (Å²) in [4.78, 5) is 24.9. The molecule has 0 radical (unpaired) electrons. The molecule has 1 aliphatic carbocycles. The van der Waals surface area contributed by atoms with Crippen molar-refractivity contribution in [3.63, 3.8) is 0 Å². The molecule has 0 atom stereocenters. The standard InChI is InChI=1S/C11H18N2O3S/c14-9(11(1-2-11)10(15)16)12-3-4-13-5-7-17-8-6-13/h1-8H2,(H,12,14)(H,15,16). The van der Waals surface area contributed by atoms with Gasteiger partial charge in [0.25, 0.3) is 0 Å². The molecule has 17 heavy (non-hydrogen) atoms. The lowest BCUT2D eigenvalue weighted by Crippen LogP contribution is -2.42. The summed E-state index contributed by atoms with van der Waals surface area (Å²) in [6.45, 7) is 3.50. The van der Waals surface area contributed by atoms with Crippen LogP contribution in [0.15, 0.2) is 0 Å². The zero-order chi connectivity index (χ0) is 12.3. The second-order valence-corrected chi connectivity index (χ2v) is 5.82. The fourth-order valence-electron chi connectivity index (χ4n) is 1.98. The maximum atomic E-state index is 11.7. The number of thioether (sulfide) groups is 1. The van der Waals surface area contributed by atoms with Crippen LogP contribution in [0.4, 0.5) is 0 Å². The highest BCUT2D eigenvalue weighted by Crippen LogP contribution is 2.45. The van der Waals surface area contributed by atoms with Crippen LogP contribution in [0.5, 0.6) is 0 Å². The van der Waals surface area contributed by atoms with E-state index in [0.29, 0.717) is 19.4 Å². The van der Waals surface area contributed by atoms with Crippen LogP contribution < -0.4 is 5.32 Å². The second-order valence-electron chi connectivity index (χ2n) is 4.60. The van der Waals surface area contributed by atoms with E-state index in [4.69, 9.17) is 5.11 Å². The number of carbonyl (C=O) groups excluding carboxylic acids is 1. The third-order valence-electron chi connectivity index (χ3n) is 3.41. The first kappa shape index (κ1) is 12.7. The Morgan fingerprint density at radius 1 is 1.29 bits per heavy atom. The normalized spacial score (nSPS) is 23.1. The maximum absolute atomic E-state index is 11.7. The van der Waals surface area contributed by atoms with Crippen molar-refractivity contribution < 1.29 is 14.7 Å². The summed E-state index contributed by atoms with van der Waals surface area (Å²) in [5.74, 6) is 1.00. The van der Waals surface area contributed by atoms with Gasteiger partial charge in [-0.1, -0.05) is 0 Å². The van der Waals surface area contributed by atoms with Gasteiger partial charge in [0.05, 0.1) is 0 Å². The number of carbonyl (C=O) groups is 2. The molecule has 1 saturated carbocycles. The summed E-state index contributed by atoms with van der Waals surface area (Å²) in [5.41, 5.74) is -1.10. The molecule has 1 heterocycles. The third kappa shape index (κ3) is 2.93. The summed E-state index contributed by atoms with van der Waals surface area (Å²) < 4.78 is 0. The van der Waals surface area contributed by atoms with Gasteiger partial charge < -0.3 is 10.4 Å². The average molecular weight is 258 g/mol. The number of hydrogen-bond acceptors (Lipinski definition) is 4. The summed E-state index contributed by atoms with van der Waals surface area (Å²) in [5, 5.41) is 11.7. The van der Waals surface area contributed by atoms with Crippen molar-refractivity contribution in [1.29, 1.82) is 0 Å². The molecule has 1 aliphatic heterocycles. The Labute approximate surface area is 105 Å². The Kier molecular flexibility index (Phi) is 3.93. The Bertz CT molecular complexity index is 312. The van der Waals surface area contributed by atoms with Gasteiger partial charge in [0, 0.05) is 37.7 Å². The van der Waals surface area contributed by atoms with Crippen molar-refractivity contribution in [1.82, 2.24) is 10.2 Å². The van der Waals surface area contributed by atoms with Crippen molar-refractivity contribution in [3.8, 4) is 0 Å². The number of aliphatic carboxylic acids is 1. The Morgan fingerprint density at radius 3 is 2.47 bits per heavy atom. The van der Waals surface area contributed by atoms with Crippen LogP contribution in [-0.2, 0) is 9.59 Å². The molecular formula is C11H18N2O3S. The number of rotatable bonds is 5. The number of nitrogens with one attached hydrogen (secondary N) is 1. The minimum Gasteiger partial charge on any atom is -0.480 e. The smallest absolute Gasteiger partial charge is 0.319 e. The molecule has 2 fully saturated rings. The van der Waals surface area contributed by atoms with Gasteiger partial charge in [-0.25, -0.2) is 0 Å². The highest BCUT2D eigenvalue weighted by atomic mass is 32.2. The van der Waals surface area contributed by atoms with E-state index in [0.717, 1.165) is 31.1 Å². The summed E-state index contributed by atoms with van der Waals surface area (Å²) in [6, 6.07) is 0. The quantitative estimate of drug-likeness (QED) is 0.680. The van der Waals surface area contributed by atoms with Gasteiger partial charge in [-0.05, 0) is 12.8 Å². The van der Waals surface area contributed by atoms with E-state index in [1.165, 1.54) is 0 Å². The molecule has 2 N–H and O–H groups in total. The number of carboxylic acids is 1. The number of carboxylic acid groups (broad SMARTS) is 1. The molecule has 1 saturated heterocycles. The zero-order valence-electron chi connectivity index (χ0n) is 9.78. The molecule has 2 rings (SSSR count). The first-order chi connectivity index (χ1) is 8.15. The van der Waals surface area contributed by atoms with Gasteiger partial charge in [0.15, 0.2) is 0 Å². The molecule has 2 aliphatic rings. The zero-order valence-corrected chi connectivity index (χ0v) is 10.6. The summed E-state index contributed by atoms with van der Waals surface area (Å²) in [7, 11) is 0. The van der Waals surface area contributed by atoms with Gasteiger partial charge in [0.1, 0.15) is 5.41 Å². The second kappa shape index (κ2) is 5.27. The van der Waals surface area contributed by atoms with Crippen molar-refractivity contribution in [3.05, 3.63) is 0 Å². The van der Waals surface area contributed by atoms with Crippen LogP contribution in [0.1, 0.15) is 12.8 Å². The van der Waals surface area contributed by atoms with E-state index in [1.54, 1.807) is 0 Å². The monoisotopic (exact) mass is 258 g/mol. The molecule has 0 spiro atoms. The lowest BCUT2D eigenvalue weighted by atomic mass is 10.1. The Morgan fingerprint density at radius 2 is 1.94 bits per heavy atom. The summed E-state index contributed by atoms with van der Waals surface area (Å²) >= 11 is 1.95. The molecule has 6 heteroatoms. The molecule has 0 bridgehead atoms. The van der Waals surface area contributed by atoms with Gasteiger partial charge >= 0.3 is 5.97 Å². The van der Waals surface area contributed by atoms with E-state index in [-0.39, 0.29) is 5.91 Å². The van der Waals surface area contributed by atoms with Gasteiger partial charge in [0.2, 0.25) is 5.91 Å². The third-order valence-corrected chi connectivity index (χ3v) is 4.35. The number of amides is 1. The largest absolute Gasteiger partial charge is 0.480 e. The molecule has 0 aromatic carbocycles.